The number of hydroxylamine groups is 2. The van der Waals surface area contributed by atoms with Crippen molar-refractivity contribution < 1.29 is 20.2 Å². The second-order valence-electron chi connectivity index (χ2n) is 8.86. The molecule has 1 aromatic carbocycles. The summed E-state index contributed by atoms with van der Waals surface area (Å²) in [5, 5.41) is 38.3. The van der Waals surface area contributed by atoms with Crippen molar-refractivity contribution in [3.63, 3.8) is 0 Å². The number of phenols is 1. The number of thiocarbonyl (C=S) groups is 1. The molecule has 1 unspecified atom stereocenters. The molecule has 11 heteroatoms. The van der Waals surface area contributed by atoms with Gasteiger partial charge in [0.2, 0.25) is 0 Å². The van der Waals surface area contributed by atoms with E-state index >= 15 is 0 Å². The molecule has 1 heterocycles. The minimum atomic E-state index is -0.783. The topological polar surface area (TPSA) is 109 Å². The average Bonchev–Trinajstić information content (AvgIpc) is 2.95. The van der Waals surface area contributed by atoms with Gasteiger partial charge < -0.3 is 15.5 Å². The molecule has 3 rings (SSSR count). The van der Waals surface area contributed by atoms with Crippen LogP contribution in [0, 0.1) is 0 Å². The van der Waals surface area contributed by atoms with Crippen molar-refractivity contribution in [2.75, 3.05) is 0 Å². The van der Waals surface area contributed by atoms with Crippen molar-refractivity contribution in [3.8, 4) is 5.75 Å². The number of halogens is 1. The molecule has 1 aromatic rings. The van der Waals surface area contributed by atoms with Gasteiger partial charge >= 0.3 is 6.03 Å². The lowest BCUT2D eigenvalue weighted by Crippen LogP contribution is -2.57. The summed E-state index contributed by atoms with van der Waals surface area (Å²) in [6, 6.07) is 4.52. The van der Waals surface area contributed by atoms with Gasteiger partial charge in [-0.25, -0.2) is 9.80 Å². The van der Waals surface area contributed by atoms with Crippen LogP contribution >= 0.6 is 39.9 Å². The van der Waals surface area contributed by atoms with E-state index in [1.165, 1.54) is 29.4 Å². The number of urea groups is 1. The van der Waals surface area contributed by atoms with E-state index in [9.17, 15) is 15.1 Å². The van der Waals surface area contributed by atoms with Gasteiger partial charge in [0.25, 0.3) is 0 Å². The Morgan fingerprint density at radius 3 is 2.58 bits per heavy atom. The van der Waals surface area contributed by atoms with Crippen molar-refractivity contribution in [2.24, 2.45) is 5.10 Å². The molecule has 33 heavy (non-hydrogen) atoms. The monoisotopic (exact) mass is 560 g/mol. The third kappa shape index (κ3) is 8.10. The maximum atomic E-state index is 12.7. The SMILES string of the molecule is CC(C)O.CC1(C)SC(=S)N(/N=C/c2cc(Br)ccc2O)C1N(O)C(=O)NC1CCCCC1. The predicted octanol–water partition coefficient (Wildman–Crippen LogP) is 5.05. The van der Waals surface area contributed by atoms with Gasteiger partial charge in [-0.05, 0) is 58.7 Å². The summed E-state index contributed by atoms with van der Waals surface area (Å²) in [5.41, 5.74) is 0.492. The van der Waals surface area contributed by atoms with Crippen LogP contribution in [0.4, 0.5) is 4.79 Å². The number of phenolic OH excluding ortho intramolecular Hbond substituents is 1. The van der Waals surface area contributed by atoms with Crippen LogP contribution in [-0.2, 0) is 0 Å². The average molecular weight is 562 g/mol. The lowest BCUT2D eigenvalue weighted by atomic mass is 9.96. The molecule has 0 radical (unpaired) electrons. The summed E-state index contributed by atoms with van der Waals surface area (Å²) >= 11 is 10.2. The number of hydrogen-bond acceptors (Lipinski definition) is 7. The first kappa shape index (κ1) is 27.8. The van der Waals surface area contributed by atoms with Gasteiger partial charge in [-0.1, -0.05) is 59.2 Å². The standard InChI is InChI=1S/C19H25BrN4O3S2.C3H8O/c1-19(2)16(24(27)17(26)22-14-6-4-3-5-7-14)23(18(28)29-19)21-11-12-10-13(20)8-9-15(12)25;1-3(2)4/h8-11,14,16,25,27H,3-7H2,1-2H3,(H,22,26);3-4H,1-2H3/b21-11+;. The van der Waals surface area contributed by atoms with Gasteiger partial charge in [0.05, 0.1) is 11.0 Å². The Hall–Kier alpha value is -1.40. The highest BCUT2D eigenvalue weighted by atomic mass is 79.9. The number of benzene rings is 1. The highest BCUT2D eigenvalue weighted by molar-refractivity contribution is 9.10. The van der Waals surface area contributed by atoms with E-state index in [-0.39, 0.29) is 17.9 Å². The van der Waals surface area contributed by atoms with Crippen LogP contribution in [0.25, 0.3) is 0 Å². The number of rotatable bonds is 4. The van der Waals surface area contributed by atoms with E-state index < -0.39 is 16.9 Å². The Labute approximate surface area is 213 Å². The summed E-state index contributed by atoms with van der Waals surface area (Å²) in [5.74, 6) is 0.0708. The molecular weight excluding hydrogens is 528 g/mol. The molecular formula is C22H33BrN4O4S2. The number of nitrogens with one attached hydrogen (secondary N) is 1. The number of carbonyl (C=O) groups is 1. The summed E-state index contributed by atoms with van der Waals surface area (Å²) < 4.78 is 0.657. The first-order valence-corrected chi connectivity index (χ1v) is 13.0. The molecule has 1 aliphatic heterocycles. The molecule has 2 amide bonds. The maximum Gasteiger partial charge on any atom is 0.343 e. The number of carbonyl (C=O) groups excluding carboxylic acids is 1. The second-order valence-corrected chi connectivity index (χ2v) is 12.1. The Bertz CT molecular complexity index is 860. The van der Waals surface area contributed by atoms with Crippen LogP contribution < -0.4 is 5.32 Å². The Morgan fingerprint density at radius 1 is 1.36 bits per heavy atom. The fourth-order valence-electron chi connectivity index (χ4n) is 3.58. The Morgan fingerprint density at radius 2 is 1.97 bits per heavy atom. The van der Waals surface area contributed by atoms with E-state index in [1.807, 2.05) is 13.8 Å². The quantitative estimate of drug-likeness (QED) is 0.176. The number of nitrogens with zero attached hydrogens (tertiary/aromatic N) is 3. The maximum absolute atomic E-state index is 12.7. The van der Waals surface area contributed by atoms with Crippen LogP contribution in [0.5, 0.6) is 5.75 Å². The highest BCUT2D eigenvalue weighted by Gasteiger charge is 2.50. The molecule has 2 aliphatic rings. The van der Waals surface area contributed by atoms with Crippen molar-refractivity contribution in [1.29, 1.82) is 0 Å². The largest absolute Gasteiger partial charge is 0.507 e. The van der Waals surface area contributed by atoms with Gasteiger partial charge in [0, 0.05) is 22.2 Å². The third-order valence-corrected chi connectivity index (χ3v) is 7.10. The molecule has 1 atom stereocenters. The normalized spacial score (nSPS) is 20.7. The summed E-state index contributed by atoms with van der Waals surface area (Å²) in [6.07, 6.45) is 5.70. The van der Waals surface area contributed by atoms with Crippen LogP contribution in [-0.4, -0.2) is 65.1 Å². The van der Waals surface area contributed by atoms with Crippen molar-refractivity contribution >= 4 is 56.5 Å². The molecule has 8 nitrogen and oxygen atoms in total. The minimum Gasteiger partial charge on any atom is -0.507 e. The van der Waals surface area contributed by atoms with E-state index in [0.29, 0.717) is 14.9 Å². The van der Waals surface area contributed by atoms with Gasteiger partial charge in [-0.2, -0.15) is 10.2 Å². The van der Waals surface area contributed by atoms with Crippen molar-refractivity contribution in [2.45, 2.75) is 82.9 Å². The number of aromatic hydroxyl groups is 1. The molecule has 0 spiro atoms. The molecule has 2 fully saturated rings. The molecule has 184 valence electrons. The lowest BCUT2D eigenvalue weighted by molar-refractivity contribution is -0.119. The smallest absolute Gasteiger partial charge is 0.343 e. The van der Waals surface area contributed by atoms with E-state index in [1.54, 1.807) is 32.0 Å². The Balaban J connectivity index is 0.000000890. The number of hydrogen-bond donors (Lipinski definition) is 4. The third-order valence-electron chi connectivity index (χ3n) is 5.07. The van der Waals surface area contributed by atoms with Gasteiger partial charge in [-0.3, -0.25) is 5.21 Å². The van der Waals surface area contributed by atoms with E-state index in [4.69, 9.17) is 17.3 Å². The van der Waals surface area contributed by atoms with Crippen LogP contribution in [0.1, 0.15) is 65.4 Å². The number of hydrazone groups is 1. The number of thioether (sulfide) groups is 1. The first-order valence-electron chi connectivity index (χ1n) is 10.9. The lowest BCUT2D eigenvalue weighted by Gasteiger charge is -2.35. The van der Waals surface area contributed by atoms with E-state index in [0.717, 1.165) is 30.2 Å². The zero-order chi connectivity index (χ0) is 24.8. The minimum absolute atomic E-state index is 0.0708. The van der Waals surface area contributed by atoms with Crippen LogP contribution in [0.3, 0.4) is 0 Å². The molecule has 0 bridgehead atoms. The molecule has 1 saturated heterocycles. The summed E-state index contributed by atoms with van der Waals surface area (Å²) in [6.45, 7) is 7.25. The van der Waals surface area contributed by atoms with E-state index in [2.05, 4.69) is 26.3 Å². The first-order chi connectivity index (χ1) is 15.4. The van der Waals surface area contributed by atoms with Crippen LogP contribution in [0.15, 0.2) is 27.8 Å². The number of amides is 2. The fraction of sp³-hybridized carbons (Fsp3) is 0.591. The van der Waals surface area contributed by atoms with Crippen LogP contribution in [0.2, 0.25) is 0 Å². The molecule has 1 aliphatic carbocycles. The fourth-order valence-corrected chi connectivity index (χ4v) is 5.74. The van der Waals surface area contributed by atoms with Gasteiger partial charge in [0.1, 0.15) is 5.75 Å². The number of aliphatic hydroxyl groups excluding tert-OH is 1. The van der Waals surface area contributed by atoms with Crippen molar-refractivity contribution in [3.05, 3.63) is 28.2 Å². The molecule has 4 N–H and O–H groups in total. The predicted molar refractivity (Wildman–Crippen MR) is 140 cm³/mol. The zero-order valence-corrected chi connectivity index (χ0v) is 22.6. The molecule has 1 saturated carbocycles. The van der Waals surface area contributed by atoms with Gasteiger partial charge in [-0.15, -0.1) is 0 Å². The zero-order valence-electron chi connectivity index (χ0n) is 19.4. The molecule has 0 aromatic heterocycles. The number of aliphatic hydroxyl groups is 1. The van der Waals surface area contributed by atoms with Crippen molar-refractivity contribution in [1.82, 2.24) is 15.4 Å². The summed E-state index contributed by atoms with van der Waals surface area (Å²) in [7, 11) is 0. The highest BCUT2D eigenvalue weighted by Crippen LogP contribution is 2.42. The second kappa shape index (κ2) is 12.3. The Kier molecular flexibility index (Phi) is 10.4. The van der Waals surface area contributed by atoms with Gasteiger partial charge in [0.15, 0.2) is 10.5 Å². The summed E-state index contributed by atoms with van der Waals surface area (Å²) in [4.78, 5) is 12.7.